The van der Waals surface area contributed by atoms with Crippen LogP contribution in [0.3, 0.4) is 0 Å². The molecule has 0 radical (unpaired) electrons. The van der Waals surface area contributed by atoms with Gasteiger partial charge in [-0.2, -0.15) is 5.10 Å². The molecule has 0 aliphatic rings. The Morgan fingerprint density at radius 1 is 1.32 bits per heavy atom. The predicted octanol–water partition coefficient (Wildman–Crippen LogP) is 4.48. The second kappa shape index (κ2) is 8.16. The van der Waals surface area contributed by atoms with Gasteiger partial charge in [0.1, 0.15) is 11.6 Å². The molecule has 9 heteroatoms. The molecule has 1 atom stereocenters. The number of carbonyl (C=O) groups is 1. The average Bonchev–Trinajstić information content (AvgIpc) is 3.14. The zero-order valence-corrected chi connectivity index (χ0v) is 16.7. The molecule has 0 aliphatic heterocycles. The summed E-state index contributed by atoms with van der Waals surface area (Å²) in [6.45, 7) is 4.35. The van der Waals surface area contributed by atoms with Crippen molar-refractivity contribution >= 4 is 34.9 Å². The van der Waals surface area contributed by atoms with Crippen LogP contribution in [0.4, 0.5) is 10.2 Å². The number of pyridine rings is 1. The Labute approximate surface area is 171 Å². The van der Waals surface area contributed by atoms with Crippen molar-refractivity contribution < 1.29 is 9.18 Å². The fourth-order valence-electron chi connectivity index (χ4n) is 2.79. The van der Waals surface area contributed by atoms with Gasteiger partial charge in [-0.15, -0.1) is 0 Å². The maximum Gasteiger partial charge on any atom is 0.255 e. The molecule has 146 valence electrons. The fraction of sp³-hybridized carbons (Fsp3) is 0.211. The number of nitrogen functional groups attached to an aromatic ring is 1. The van der Waals surface area contributed by atoms with Gasteiger partial charge in [0.05, 0.1) is 22.8 Å². The number of halogens is 3. The van der Waals surface area contributed by atoms with Gasteiger partial charge in [-0.3, -0.25) is 9.48 Å². The van der Waals surface area contributed by atoms with Gasteiger partial charge < -0.3 is 11.1 Å². The van der Waals surface area contributed by atoms with E-state index in [4.69, 9.17) is 28.9 Å². The second-order valence-electron chi connectivity index (χ2n) is 6.19. The molecule has 0 bridgehead atoms. The van der Waals surface area contributed by atoms with E-state index in [9.17, 15) is 9.18 Å². The van der Waals surface area contributed by atoms with E-state index >= 15 is 0 Å². The summed E-state index contributed by atoms with van der Waals surface area (Å²) in [5.41, 5.74) is 7.90. The van der Waals surface area contributed by atoms with E-state index in [1.165, 1.54) is 12.1 Å². The summed E-state index contributed by atoms with van der Waals surface area (Å²) in [4.78, 5) is 16.9. The molecule has 28 heavy (non-hydrogen) atoms. The smallest absolute Gasteiger partial charge is 0.255 e. The Balaban J connectivity index is 1.88. The van der Waals surface area contributed by atoms with Crippen molar-refractivity contribution in [3.8, 4) is 11.1 Å². The van der Waals surface area contributed by atoms with Crippen molar-refractivity contribution in [2.75, 3.05) is 5.73 Å². The molecule has 1 unspecified atom stereocenters. The zero-order valence-electron chi connectivity index (χ0n) is 15.2. The number of aryl methyl sites for hydroxylation is 1. The topological polar surface area (TPSA) is 85.8 Å². The minimum Gasteiger partial charge on any atom is -0.383 e. The molecule has 6 nitrogen and oxygen atoms in total. The van der Waals surface area contributed by atoms with E-state index < -0.39 is 17.8 Å². The number of nitrogens with two attached hydrogens (primary N) is 1. The fourth-order valence-corrected chi connectivity index (χ4v) is 3.48. The third-order valence-electron chi connectivity index (χ3n) is 4.31. The van der Waals surface area contributed by atoms with E-state index in [0.29, 0.717) is 11.1 Å². The number of carbonyl (C=O) groups excluding carboxylic acids is 1. The van der Waals surface area contributed by atoms with Crippen LogP contribution in [0.25, 0.3) is 11.1 Å². The first-order chi connectivity index (χ1) is 13.3. The van der Waals surface area contributed by atoms with Crippen LogP contribution in [-0.4, -0.2) is 20.7 Å². The Hall–Kier alpha value is -2.64. The molecular formula is C19H18Cl2FN5O. The van der Waals surface area contributed by atoms with Gasteiger partial charge in [-0.05, 0) is 32.0 Å². The molecule has 1 amide bonds. The van der Waals surface area contributed by atoms with Gasteiger partial charge in [0.25, 0.3) is 5.91 Å². The number of hydrogen-bond donors (Lipinski definition) is 2. The van der Waals surface area contributed by atoms with Gasteiger partial charge in [0.15, 0.2) is 0 Å². The molecule has 2 heterocycles. The van der Waals surface area contributed by atoms with Crippen LogP contribution in [-0.2, 0) is 6.54 Å². The summed E-state index contributed by atoms with van der Waals surface area (Å²) in [5, 5.41) is 7.08. The first kappa shape index (κ1) is 20.1. The first-order valence-corrected chi connectivity index (χ1v) is 9.30. The lowest BCUT2D eigenvalue weighted by Gasteiger charge is -2.18. The number of anilines is 1. The molecule has 3 aromatic rings. The molecular weight excluding hydrogens is 404 g/mol. The lowest BCUT2D eigenvalue weighted by atomic mass is 10.1. The van der Waals surface area contributed by atoms with Crippen LogP contribution in [0, 0.1) is 5.82 Å². The van der Waals surface area contributed by atoms with Crippen LogP contribution >= 0.6 is 23.2 Å². The Bertz CT molecular complexity index is 1040. The van der Waals surface area contributed by atoms with Crippen molar-refractivity contribution in [3.05, 3.63) is 63.8 Å². The summed E-state index contributed by atoms with van der Waals surface area (Å²) < 4.78 is 15.5. The lowest BCUT2D eigenvalue weighted by Crippen LogP contribution is -2.28. The highest BCUT2D eigenvalue weighted by Gasteiger charge is 2.21. The molecule has 0 fully saturated rings. The zero-order chi connectivity index (χ0) is 20.4. The Morgan fingerprint density at radius 2 is 2.07 bits per heavy atom. The molecule has 0 saturated carbocycles. The van der Waals surface area contributed by atoms with E-state index in [0.717, 1.165) is 12.1 Å². The summed E-state index contributed by atoms with van der Waals surface area (Å²) in [7, 11) is 0. The maximum absolute atomic E-state index is 13.8. The number of nitrogens with zero attached hydrogens (tertiary/aromatic N) is 3. The number of benzene rings is 1. The molecule has 0 spiro atoms. The average molecular weight is 422 g/mol. The minimum absolute atomic E-state index is 0.0766. The molecule has 0 aliphatic carbocycles. The molecule has 3 rings (SSSR count). The highest BCUT2D eigenvalue weighted by Crippen LogP contribution is 2.32. The van der Waals surface area contributed by atoms with Crippen molar-refractivity contribution in [3.63, 3.8) is 0 Å². The molecule has 3 N–H and O–H groups in total. The molecule has 0 saturated heterocycles. The van der Waals surface area contributed by atoms with Gasteiger partial charge in [0.2, 0.25) is 0 Å². The minimum atomic E-state index is -0.644. The summed E-state index contributed by atoms with van der Waals surface area (Å²) in [5.74, 6) is -1.01. The largest absolute Gasteiger partial charge is 0.383 e. The van der Waals surface area contributed by atoms with E-state index in [1.54, 1.807) is 30.1 Å². The van der Waals surface area contributed by atoms with E-state index in [-0.39, 0.29) is 21.4 Å². The third kappa shape index (κ3) is 3.95. The Morgan fingerprint density at radius 3 is 2.75 bits per heavy atom. The predicted molar refractivity (Wildman–Crippen MR) is 108 cm³/mol. The van der Waals surface area contributed by atoms with Crippen LogP contribution in [0.5, 0.6) is 0 Å². The highest BCUT2D eigenvalue weighted by atomic mass is 35.5. The van der Waals surface area contributed by atoms with Crippen LogP contribution < -0.4 is 11.1 Å². The highest BCUT2D eigenvalue weighted by molar-refractivity contribution is 6.36. The van der Waals surface area contributed by atoms with Crippen molar-refractivity contribution in [2.24, 2.45) is 0 Å². The number of aromatic nitrogens is 3. The maximum atomic E-state index is 13.8. The number of rotatable bonds is 5. The normalized spacial score (nSPS) is 12.0. The van der Waals surface area contributed by atoms with Crippen LogP contribution in [0.2, 0.25) is 10.0 Å². The third-order valence-corrected chi connectivity index (χ3v) is 5.03. The SMILES string of the molecule is CCn1cc(-c2cnc(N)c(C(=O)NC(C)c3c(Cl)ccc(F)c3Cl)c2)cn1. The van der Waals surface area contributed by atoms with Crippen molar-refractivity contribution in [2.45, 2.75) is 26.4 Å². The number of amides is 1. The quantitative estimate of drug-likeness (QED) is 0.594. The summed E-state index contributed by atoms with van der Waals surface area (Å²) in [6.07, 6.45) is 5.12. The number of hydrogen-bond acceptors (Lipinski definition) is 4. The van der Waals surface area contributed by atoms with Crippen LogP contribution in [0.1, 0.15) is 35.8 Å². The summed E-state index contributed by atoms with van der Waals surface area (Å²) >= 11 is 12.1. The van der Waals surface area contributed by atoms with Crippen molar-refractivity contribution in [1.82, 2.24) is 20.1 Å². The first-order valence-electron chi connectivity index (χ1n) is 8.54. The monoisotopic (exact) mass is 421 g/mol. The van der Waals surface area contributed by atoms with Gasteiger partial charge in [0, 0.05) is 40.7 Å². The van der Waals surface area contributed by atoms with Gasteiger partial charge >= 0.3 is 0 Å². The standard InChI is InChI=1S/C19H18Cl2FN5O/c1-3-27-9-12(8-25-27)11-6-13(18(23)24-7-11)19(28)26-10(2)16-14(20)4-5-15(22)17(16)21/h4-10H,3H2,1-2H3,(H2,23,24)(H,26,28). The summed E-state index contributed by atoms with van der Waals surface area (Å²) in [6, 6.07) is 3.55. The van der Waals surface area contributed by atoms with Gasteiger partial charge in [-0.1, -0.05) is 23.2 Å². The molecule has 2 aromatic heterocycles. The second-order valence-corrected chi connectivity index (χ2v) is 6.98. The van der Waals surface area contributed by atoms with E-state index in [1.807, 2.05) is 13.1 Å². The lowest BCUT2D eigenvalue weighted by molar-refractivity contribution is 0.0940. The number of nitrogens with one attached hydrogen (secondary N) is 1. The van der Waals surface area contributed by atoms with Crippen LogP contribution in [0.15, 0.2) is 36.8 Å². The van der Waals surface area contributed by atoms with Gasteiger partial charge in [-0.25, -0.2) is 9.37 Å². The Kier molecular flexibility index (Phi) is 5.86. The van der Waals surface area contributed by atoms with E-state index in [2.05, 4.69) is 15.4 Å². The van der Waals surface area contributed by atoms with Crippen molar-refractivity contribution in [1.29, 1.82) is 0 Å². The molecule has 1 aromatic carbocycles.